The molecule has 1 aliphatic rings. The maximum atomic E-state index is 5.57. The van der Waals surface area contributed by atoms with E-state index in [0.717, 1.165) is 6.54 Å². The van der Waals surface area contributed by atoms with E-state index in [1.807, 2.05) is 4.81 Å². The number of nitrogens with zero attached hydrogens (tertiary/aromatic N) is 1. The van der Waals surface area contributed by atoms with Crippen LogP contribution in [0.15, 0.2) is 0 Å². The SMILES string of the molecule is [B]N1CCC(Br)C1C. The van der Waals surface area contributed by atoms with E-state index < -0.39 is 0 Å². The summed E-state index contributed by atoms with van der Waals surface area (Å²) < 4.78 is 0. The highest BCUT2D eigenvalue weighted by Crippen LogP contribution is 2.21. The lowest BCUT2D eigenvalue weighted by atomic mass is 10.2. The molecule has 0 bridgehead atoms. The molecule has 0 aromatic heterocycles. The van der Waals surface area contributed by atoms with Crippen molar-refractivity contribution >= 4 is 23.9 Å². The van der Waals surface area contributed by atoms with E-state index in [1.54, 1.807) is 0 Å². The largest absolute Gasteiger partial charge is 0.350 e. The molecule has 0 amide bonds. The van der Waals surface area contributed by atoms with Crippen LogP contribution in [-0.4, -0.2) is 30.2 Å². The second-order valence-corrected chi connectivity index (χ2v) is 3.46. The van der Waals surface area contributed by atoms with Crippen molar-refractivity contribution in [3.63, 3.8) is 0 Å². The lowest BCUT2D eigenvalue weighted by molar-refractivity contribution is 0.455. The molecule has 0 aromatic carbocycles. The minimum atomic E-state index is 0.509. The van der Waals surface area contributed by atoms with Crippen molar-refractivity contribution in [2.24, 2.45) is 0 Å². The first kappa shape index (κ1) is 6.62. The number of rotatable bonds is 0. The van der Waals surface area contributed by atoms with Gasteiger partial charge in [-0.1, -0.05) is 15.9 Å². The average molecular weight is 174 g/mol. The molecule has 0 saturated carbocycles. The molecule has 1 nitrogen and oxygen atoms in total. The van der Waals surface area contributed by atoms with E-state index in [0.29, 0.717) is 10.9 Å². The van der Waals surface area contributed by atoms with Crippen LogP contribution in [-0.2, 0) is 0 Å². The Morgan fingerprint density at radius 3 is 2.50 bits per heavy atom. The molecule has 1 rings (SSSR count). The Morgan fingerprint density at radius 2 is 2.38 bits per heavy atom. The average Bonchev–Trinajstić information content (AvgIpc) is 1.98. The van der Waals surface area contributed by atoms with Gasteiger partial charge in [0.05, 0.1) is 0 Å². The molecule has 3 heteroatoms. The third-order valence-electron chi connectivity index (χ3n) is 1.71. The fourth-order valence-corrected chi connectivity index (χ4v) is 1.43. The first-order chi connectivity index (χ1) is 3.72. The zero-order chi connectivity index (χ0) is 6.15. The molecular formula is C5H9BBrN. The van der Waals surface area contributed by atoms with Crippen LogP contribution < -0.4 is 0 Å². The summed E-state index contributed by atoms with van der Waals surface area (Å²) in [6, 6.07) is 0.509. The van der Waals surface area contributed by atoms with E-state index in [-0.39, 0.29) is 0 Å². The minimum absolute atomic E-state index is 0.509. The smallest absolute Gasteiger partial charge is 0.182 e. The van der Waals surface area contributed by atoms with Gasteiger partial charge >= 0.3 is 0 Å². The highest BCUT2D eigenvalue weighted by atomic mass is 79.9. The van der Waals surface area contributed by atoms with Crippen LogP contribution in [0.4, 0.5) is 0 Å². The van der Waals surface area contributed by atoms with Gasteiger partial charge in [-0.25, -0.2) is 0 Å². The topological polar surface area (TPSA) is 3.24 Å². The summed E-state index contributed by atoms with van der Waals surface area (Å²) in [6.45, 7) is 3.16. The molecule has 2 unspecified atom stereocenters. The second-order valence-electron chi connectivity index (χ2n) is 2.28. The van der Waals surface area contributed by atoms with Gasteiger partial charge in [0, 0.05) is 10.9 Å². The standard InChI is InChI=1S/C5H9BBrN/c1-4-5(7)2-3-8(4)6/h4-5H,2-3H2,1H3. The van der Waals surface area contributed by atoms with Crippen LogP contribution in [0.1, 0.15) is 13.3 Å². The second kappa shape index (κ2) is 2.40. The Labute approximate surface area is 60.0 Å². The minimum Gasteiger partial charge on any atom is -0.350 e. The fourth-order valence-electron chi connectivity index (χ4n) is 0.925. The van der Waals surface area contributed by atoms with E-state index in [1.165, 1.54) is 6.42 Å². The fraction of sp³-hybridized carbons (Fsp3) is 1.00. The van der Waals surface area contributed by atoms with Gasteiger partial charge in [0.15, 0.2) is 7.98 Å². The van der Waals surface area contributed by atoms with Crippen molar-refractivity contribution in [3.8, 4) is 0 Å². The molecule has 0 spiro atoms. The summed E-state index contributed by atoms with van der Waals surface area (Å²) in [4.78, 5) is 2.48. The van der Waals surface area contributed by atoms with Crippen LogP contribution in [0.3, 0.4) is 0 Å². The first-order valence-corrected chi connectivity index (χ1v) is 3.79. The van der Waals surface area contributed by atoms with Crippen molar-refractivity contribution in [2.75, 3.05) is 6.54 Å². The summed E-state index contributed by atoms with van der Waals surface area (Å²) in [6.07, 6.45) is 1.18. The van der Waals surface area contributed by atoms with Crippen molar-refractivity contribution in [3.05, 3.63) is 0 Å². The molecule has 44 valence electrons. The van der Waals surface area contributed by atoms with Crippen LogP contribution in [0.2, 0.25) is 0 Å². The summed E-state index contributed by atoms with van der Waals surface area (Å²) in [7, 11) is 5.57. The molecule has 0 aromatic rings. The molecule has 1 fully saturated rings. The molecule has 1 saturated heterocycles. The highest BCUT2D eigenvalue weighted by molar-refractivity contribution is 9.09. The molecular weight excluding hydrogens is 165 g/mol. The van der Waals surface area contributed by atoms with Gasteiger partial charge in [0.25, 0.3) is 0 Å². The monoisotopic (exact) mass is 173 g/mol. The summed E-state index contributed by atoms with van der Waals surface area (Å²) in [5.74, 6) is 0. The lowest BCUT2D eigenvalue weighted by Gasteiger charge is -2.16. The molecule has 1 heterocycles. The molecule has 2 atom stereocenters. The van der Waals surface area contributed by atoms with E-state index in [4.69, 9.17) is 7.98 Å². The Balaban J connectivity index is 2.44. The first-order valence-electron chi connectivity index (χ1n) is 2.87. The molecule has 8 heavy (non-hydrogen) atoms. The lowest BCUT2D eigenvalue weighted by Crippen LogP contribution is -2.27. The van der Waals surface area contributed by atoms with E-state index in [2.05, 4.69) is 22.9 Å². The Kier molecular flexibility index (Phi) is 1.99. The van der Waals surface area contributed by atoms with Crippen LogP contribution in [0, 0.1) is 0 Å². The highest BCUT2D eigenvalue weighted by Gasteiger charge is 2.24. The van der Waals surface area contributed by atoms with Crippen molar-refractivity contribution in [1.82, 2.24) is 4.81 Å². The third kappa shape index (κ3) is 1.08. The van der Waals surface area contributed by atoms with E-state index in [9.17, 15) is 0 Å². The van der Waals surface area contributed by atoms with Gasteiger partial charge < -0.3 is 4.81 Å². The van der Waals surface area contributed by atoms with Gasteiger partial charge in [-0.05, 0) is 19.9 Å². The molecule has 0 aliphatic carbocycles. The van der Waals surface area contributed by atoms with Gasteiger partial charge in [0.2, 0.25) is 0 Å². The molecule has 0 N–H and O–H groups in total. The quantitative estimate of drug-likeness (QED) is 0.389. The van der Waals surface area contributed by atoms with Crippen molar-refractivity contribution in [1.29, 1.82) is 0 Å². The number of halogens is 1. The van der Waals surface area contributed by atoms with Crippen molar-refractivity contribution in [2.45, 2.75) is 24.2 Å². The van der Waals surface area contributed by atoms with Gasteiger partial charge in [0.1, 0.15) is 0 Å². The Bertz CT molecular complexity index is 78.5. The maximum absolute atomic E-state index is 5.57. The number of alkyl halides is 1. The van der Waals surface area contributed by atoms with Gasteiger partial charge in [-0.15, -0.1) is 0 Å². The van der Waals surface area contributed by atoms with E-state index >= 15 is 0 Å². The summed E-state index contributed by atoms with van der Waals surface area (Å²) in [5.41, 5.74) is 0. The third-order valence-corrected chi connectivity index (χ3v) is 2.93. The zero-order valence-electron chi connectivity index (χ0n) is 4.97. The predicted molar refractivity (Wildman–Crippen MR) is 39.3 cm³/mol. The van der Waals surface area contributed by atoms with Crippen molar-refractivity contribution < 1.29 is 0 Å². The van der Waals surface area contributed by atoms with Crippen LogP contribution in [0.25, 0.3) is 0 Å². The predicted octanol–water partition coefficient (Wildman–Crippen LogP) is 0.928. The summed E-state index contributed by atoms with van der Waals surface area (Å²) >= 11 is 3.52. The van der Waals surface area contributed by atoms with Crippen LogP contribution >= 0.6 is 15.9 Å². The van der Waals surface area contributed by atoms with Gasteiger partial charge in [-0.3, -0.25) is 0 Å². The molecule has 1 aliphatic heterocycles. The van der Waals surface area contributed by atoms with Gasteiger partial charge in [-0.2, -0.15) is 0 Å². The summed E-state index contributed by atoms with van der Waals surface area (Å²) in [5, 5.41) is 0. The molecule has 2 radical (unpaired) electrons. The van der Waals surface area contributed by atoms with Crippen LogP contribution in [0.5, 0.6) is 0 Å². The Hall–Kier alpha value is 0.505. The maximum Gasteiger partial charge on any atom is 0.182 e. The number of hydrogen-bond acceptors (Lipinski definition) is 1. The number of hydrogen-bond donors (Lipinski definition) is 0. The Morgan fingerprint density at radius 1 is 1.75 bits per heavy atom. The normalized spacial score (nSPS) is 40.8. The zero-order valence-corrected chi connectivity index (χ0v) is 6.56.